The SMILES string of the molecule is O=C(O)C1CC(O)CN1C(=O)/C=C/c1ccccc1Br. The number of amides is 1. The van der Waals surface area contributed by atoms with E-state index in [1.165, 1.54) is 11.0 Å². The smallest absolute Gasteiger partial charge is 0.326 e. The summed E-state index contributed by atoms with van der Waals surface area (Å²) in [5.74, 6) is -1.51. The second-order valence-corrected chi connectivity index (χ2v) is 5.44. The first-order chi connectivity index (χ1) is 9.49. The number of carbonyl (C=O) groups excluding carboxylic acids is 1. The van der Waals surface area contributed by atoms with Gasteiger partial charge in [-0.3, -0.25) is 4.79 Å². The van der Waals surface area contributed by atoms with Crippen molar-refractivity contribution in [1.82, 2.24) is 4.90 Å². The Bertz CT molecular complexity index is 558. The first-order valence-electron chi connectivity index (χ1n) is 6.13. The van der Waals surface area contributed by atoms with Gasteiger partial charge in [-0.1, -0.05) is 34.1 Å². The second kappa shape index (κ2) is 6.19. The molecule has 0 bridgehead atoms. The number of rotatable bonds is 3. The van der Waals surface area contributed by atoms with Crippen LogP contribution in [0.15, 0.2) is 34.8 Å². The van der Waals surface area contributed by atoms with Crippen LogP contribution in [0.2, 0.25) is 0 Å². The molecule has 0 saturated carbocycles. The lowest BCUT2D eigenvalue weighted by Gasteiger charge is -2.19. The van der Waals surface area contributed by atoms with Crippen molar-refractivity contribution in [1.29, 1.82) is 0 Å². The highest BCUT2D eigenvalue weighted by Gasteiger charge is 2.37. The summed E-state index contributed by atoms with van der Waals surface area (Å²) >= 11 is 3.36. The molecule has 2 atom stereocenters. The number of benzene rings is 1. The summed E-state index contributed by atoms with van der Waals surface area (Å²) in [5.41, 5.74) is 0.826. The van der Waals surface area contributed by atoms with Gasteiger partial charge in [0.15, 0.2) is 0 Å². The molecule has 1 aliphatic rings. The number of carboxylic acid groups (broad SMARTS) is 1. The summed E-state index contributed by atoms with van der Waals surface area (Å²) in [6, 6.07) is 6.43. The largest absolute Gasteiger partial charge is 0.480 e. The Hall–Kier alpha value is -1.66. The standard InChI is InChI=1S/C14H14BrNO4/c15-11-4-2-1-3-9(11)5-6-13(18)16-8-10(17)7-12(16)14(19)20/h1-6,10,12,17H,7-8H2,(H,19,20)/b6-5+. The van der Waals surface area contributed by atoms with E-state index in [1.54, 1.807) is 6.08 Å². The Labute approximate surface area is 124 Å². The number of hydrogen-bond donors (Lipinski definition) is 2. The summed E-state index contributed by atoms with van der Waals surface area (Å²) < 4.78 is 0.847. The van der Waals surface area contributed by atoms with Crippen LogP contribution in [0, 0.1) is 0 Å². The number of aliphatic hydroxyl groups excluding tert-OH is 1. The highest BCUT2D eigenvalue weighted by molar-refractivity contribution is 9.10. The molecule has 1 amide bonds. The lowest BCUT2D eigenvalue weighted by Crippen LogP contribution is -2.39. The van der Waals surface area contributed by atoms with Gasteiger partial charge >= 0.3 is 5.97 Å². The van der Waals surface area contributed by atoms with Crippen LogP contribution in [0.25, 0.3) is 6.08 Å². The molecule has 0 radical (unpaired) electrons. The number of β-amino-alcohol motifs (C(OH)–C–C–N with tert-alkyl or cyclic N) is 1. The van der Waals surface area contributed by atoms with Gasteiger partial charge in [0, 0.05) is 23.5 Å². The predicted molar refractivity (Wildman–Crippen MR) is 76.9 cm³/mol. The molecule has 20 heavy (non-hydrogen) atoms. The Morgan fingerprint density at radius 1 is 1.35 bits per heavy atom. The van der Waals surface area contributed by atoms with Crippen molar-refractivity contribution in [2.45, 2.75) is 18.6 Å². The highest BCUT2D eigenvalue weighted by Crippen LogP contribution is 2.20. The zero-order valence-corrected chi connectivity index (χ0v) is 12.2. The number of nitrogens with zero attached hydrogens (tertiary/aromatic N) is 1. The van der Waals surface area contributed by atoms with E-state index in [9.17, 15) is 14.7 Å². The fraction of sp³-hybridized carbons (Fsp3) is 0.286. The highest BCUT2D eigenvalue weighted by atomic mass is 79.9. The zero-order chi connectivity index (χ0) is 14.7. The third kappa shape index (κ3) is 3.26. The monoisotopic (exact) mass is 339 g/mol. The minimum Gasteiger partial charge on any atom is -0.480 e. The molecular formula is C14H14BrNO4. The number of carbonyl (C=O) groups is 2. The van der Waals surface area contributed by atoms with Gasteiger partial charge in [-0.15, -0.1) is 0 Å². The van der Waals surface area contributed by atoms with Gasteiger partial charge in [-0.05, 0) is 17.7 Å². The molecule has 0 aromatic heterocycles. The first kappa shape index (κ1) is 14.7. The van der Waals surface area contributed by atoms with Gasteiger partial charge in [-0.2, -0.15) is 0 Å². The zero-order valence-electron chi connectivity index (χ0n) is 10.6. The van der Waals surface area contributed by atoms with Crippen LogP contribution in [-0.2, 0) is 9.59 Å². The van der Waals surface area contributed by atoms with Crippen molar-refractivity contribution in [2.75, 3.05) is 6.54 Å². The fourth-order valence-corrected chi connectivity index (χ4v) is 2.58. The van der Waals surface area contributed by atoms with Crippen molar-refractivity contribution in [3.05, 3.63) is 40.4 Å². The molecule has 1 aromatic carbocycles. The molecule has 1 aliphatic heterocycles. The van der Waals surface area contributed by atoms with Crippen molar-refractivity contribution >= 4 is 33.9 Å². The van der Waals surface area contributed by atoms with Crippen molar-refractivity contribution in [3.8, 4) is 0 Å². The van der Waals surface area contributed by atoms with Crippen LogP contribution < -0.4 is 0 Å². The van der Waals surface area contributed by atoms with Crippen LogP contribution >= 0.6 is 15.9 Å². The molecular weight excluding hydrogens is 326 g/mol. The van der Waals surface area contributed by atoms with Gasteiger partial charge < -0.3 is 15.1 Å². The molecule has 1 fully saturated rings. The fourth-order valence-electron chi connectivity index (χ4n) is 2.16. The van der Waals surface area contributed by atoms with E-state index in [0.29, 0.717) is 0 Å². The van der Waals surface area contributed by atoms with Gasteiger partial charge in [0.1, 0.15) is 6.04 Å². The minimum absolute atomic E-state index is 0.0517. The molecule has 1 heterocycles. The van der Waals surface area contributed by atoms with E-state index in [2.05, 4.69) is 15.9 Å². The number of aliphatic carboxylic acids is 1. The lowest BCUT2D eigenvalue weighted by atomic mass is 10.2. The summed E-state index contributed by atoms with van der Waals surface area (Å²) in [5, 5.41) is 18.6. The molecule has 1 saturated heterocycles. The normalized spacial score (nSPS) is 22.4. The van der Waals surface area contributed by atoms with Crippen molar-refractivity contribution in [3.63, 3.8) is 0 Å². The Kier molecular flexibility index (Phi) is 4.57. The summed E-state index contributed by atoms with van der Waals surface area (Å²) in [7, 11) is 0. The molecule has 2 rings (SSSR count). The van der Waals surface area contributed by atoms with E-state index in [0.717, 1.165) is 10.0 Å². The van der Waals surface area contributed by atoms with Crippen LogP contribution in [0.4, 0.5) is 0 Å². The lowest BCUT2D eigenvalue weighted by molar-refractivity contribution is -0.146. The van der Waals surface area contributed by atoms with E-state index in [4.69, 9.17) is 5.11 Å². The van der Waals surface area contributed by atoms with Crippen LogP contribution in [0.3, 0.4) is 0 Å². The molecule has 5 nitrogen and oxygen atoms in total. The maximum Gasteiger partial charge on any atom is 0.326 e. The number of likely N-dealkylation sites (tertiary alicyclic amines) is 1. The molecule has 0 spiro atoms. The van der Waals surface area contributed by atoms with Gasteiger partial charge in [-0.25, -0.2) is 4.79 Å². The topological polar surface area (TPSA) is 77.8 Å². The van der Waals surface area contributed by atoms with Gasteiger partial charge in [0.05, 0.1) is 6.10 Å². The van der Waals surface area contributed by atoms with Crippen LogP contribution in [0.5, 0.6) is 0 Å². The Balaban J connectivity index is 2.12. The van der Waals surface area contributed by atoms with Gasteiger partial charge in [0.25, 0.3) is 0 Å². The van der Waals surface area contributed by atoms with Crippen molar-refractivity contribution in [2.24, 2.45) is 0 Å². The summed E-state index contributed by atoms with van der Waals surface area (Å²) in [6.07, 6.45) is 2.24. The third-order valence-corrected chi connectivity index (χ3v) is 3.88. The van der Waals surface area contributed by atoms with E-state index in [1.807, 2.05) is 24.3 Å². The van der Waals surface area contributed by atoms with Gasteiger partial charge in [0.2, 0.25) is 5.91 Å². The summed E-state index contributed by atoms with van der Waals surface area (Å²) in [6.45, 7) is 0.0517. The van der Waals surface area contributed by atoms with Crippen LogP contribution in [-0.4, -0.2) is 45.7 Å². The molecule has 1 aromatic rings. The third-order valence-electron chi connectivity index (χ3n) is 3.16. The van der Waals surface area contributed by atoms with E-state index >= 15 is 0 Å². The van der Waals surface area contributed by atoms with E-state index < -0.39 is 24.0 Å². The quantitative estimate of drug-likeness (QED) is 0.818. The number of halogens is 1. The second-order valence-electron chi connectivity index (χ2n) is 4.59. The minimum atomic E-state index is -1.09. The molecule has 0 aliphatic carbocycles. The molecule has 2 N–H and O–H groups in total. The maximum absolute atomic E-state index is 12.0. The number of carboxylic acids is 1. The first-order valence-corrected chi connectivity index (χ1v) is 6.92. The van der Waals surface area contributed by atoms with E-state index in [-0.39, 0.29) is 13.0 Å². The molecule has 106 valence electrons. The predicted octanol–water partition coefficient (Wildman–Crippen LogP) is 1.51. The number of aliphatic hydroxyl groups is 1. The van der Waals surface area contributed by atoms with Crippen LogP contribution in [0.1, 0.15) is 12.0 Å². The number of hydrogen-bond acceptors (Lipinski definition) is 3. The Morgan fingerprint density at radius 3 is 2.70 bits per heavy atom. The average Bonchev–Trinajstić information content (AvgIpc) is 2.80. The maximum atomic E-state index is 12.0. The molecule has 6 heteroatoms. The average molecular weight is 340 g/mol. The van der Waals surface area contributed by atoms with Crippen molar-refractivity contribution < 1.29 is 19.8 Å². The Morgan fingerprint density at radius 2 is 2.05 bits per heavy atom. The summed E-state index contributed by atoms with van der Waals surface area (Å²) in [4.78, 5) is 24.3. The molecule has 2 unspecified atom stereocenters.